The topological polar surface area (TPSA) is 3.88 Å². The Morgan fingerprint density at radius 2 is 1.32 bits per heavy atom. The Kier molecular flexibility index (Phi) is 4.80. The van der Waals surface area contributed by atoms with E-state index in [1.54, 1.807) is 0 Å². The Bertz CT molecular complexity index is 751. The van der Waals surface area contributed by atoms with Crippen molar-refractivity contribution in [2.24, 2.45) is 7.05 Å². The highest BCUT2D eigenvalue weighted by Gasteiger charge is 2.20. The molecule has 0 unspecified atom stereocenters. The summed E-state index contributed by atoms with van der Waals surface area (Å²) in [7, 11) is -3.92. The maximum Gasteiger partial charge on any atom is 0.673 e. The van der Waals surface area contributed by atoms with Gasteiger partial charge >= 0.3 is 7.25 Å². The number of hydrogen-bond donors (Lipinski definition) is 0. The summed E-state index contributed by atoms with van der Waals surface area (Å²) >= 11 is 0. The first-order chi connectivity index (χ1) is 10.4. The van der Waals surface area contributed by atoms with Crippen molar-refractivity contribution in [3.63, 3.8) is 0 Å². The van der Waals surface area contributed by atoms with Gasteiger partial charge in [-0.1, -0.05) is 42.5 Å². The SMILES string of the molecule is C[n+]1ccc(-c2ccccc2)c2ccccc21.F[B-](F)(F)F. The zero-order valence-electron chi connectivity index (χ0n) is 11.9. The first-order valence-corrected chi connectivity index (χ1v) is 6.66. The first kappa shape index (κ1) is 16.0. The highest BCUT2D eigenvalue weighted by atomic mass is 19.5. The van der Waals surface area contributed by atoms with Crippen LogP contribution in [0.1, 0.15) is 0 Å². The minimum absolute atomic E-state index is 1.26. The third-order valence-electron chi connectivity index (χ3n) is 3.12. The standard InChI is InChI=1S/C16H14N.BF4/c1-17-12-11-14(13-7-3-2-4-8-13)15-9-5-6-10-16(15)17;2-1(3,4)5/h2-12H,1H3;/q+1;-1. The third kappa shape index (κ3) is 4.31. The Morgan fingerprint density at radius 3 is 1.95 bits per heavy atom. The summed E-state index contributed by atoms with van der Waals surface area (Å²) in [4.78, 5) is 0. The second kappa shape index (κ2) is 6.60. The summed E-state index contributed by atoms with van der Waals surface area (Å²) in [5.41, 5.74) is 3.82. The highest BCUT2D eigenvalue weighted by molar-refractivity contribution is 6.50. The molecule has 3 aromatic rings. The summed E-state index contributed by atoms with van der Waals surface area (Å²) in [5, 5.41) is 1.30. The summed E-state index contributed by atoms with van der Waals surface area (Å²) in [6.45, 7) is 0. The van der Waals surface area contributed by atoms with E-state index in [4.69, 9.17) is 0 Å². The lowest BCUT2D eigenvalue weighted by molar-refractivity contribution is -0.644. The molecule has 0 aliphatic carbocycles. The van der Waals surface area contributed by atoms with Gasteiger partial charge in [0.2, 0.25) is 5.52 Å². The third-order valence-corrected chi connectivity index (χ3v) is 3.12. The van der Waals surface area contributed by atoms with Gasteiger partial charge in [0.25, 0.3) is 0 Å². The van der Waals surface area contributed by atoms with Crippen molar-refractivity contribution in [2.75, 3.05) is 0 Å². The summed E-state index contributed by atoms with van der Waals surface area (Å²) in [6.07, 6.45) is 2.12. The van der Waals surface area contributed by atoms with E-state index in [2.05, 4.69) is 78.5 Å². The van der Waals surface area contributed by atoms with Gasteiger partial charge in [-0.15, -0.1) is 0 Å². The summed E-state index contributed by atoms with van der Waals surface area (Å²) < 4.78 is 41.2. The number of rotatable bonds is 1. The minimum atomic E-state index is -6.00. The summed E-state index contributed by atoms with van der Waals surface area (Å²) in [6, 6.07) is 21.2. The van der Waals surface area contributed by atoms with Gasteiger partial charge in [-0.05, 0) is 11.6 Å². The number of pyridine rings is 1. The zero-order valence-corrected chi connectivity index (χ0v) is 11.9. The molecule has 0 bridgehead atoms. The fourth-order valence-corrected chi connectivity index (χ4v) is 2.23. The Morgan fingerprint density at radius 1 is 0.773 bits per heavy atom. The quantitative estimate of drug-likeness (QED) is 0.350. The van der Waals surface area contributed by atoms with Crippen molar-refractivity contribution in [3.05, 3.63) is 66.9 Å². The van der Waals surface area contributed by atoms with Crippen LogP contribution in [0.2, 0.25) is 0 Å². The van der Waals surface area contributed by atoms with Crippen LogP contribution in [0.5, 0.6) is 0 Å². The van der Waals surface area contributed by atoms with E-state index in [0.29, 0.717) is 0 Å². The maximum atomic E-state index is 9.75. The second-order valence-electron chi connectivity index (χ2n) is 4.72. The van der Waals surface area contributed by atoms with E-state index in [-0.39, 0.29) is 0 Å². The normalized spacial score (nSPS) is 11.0. The Labute approximate surface area is 125 Å². The lowest BCUT2D eigenvalue weighted by atomic mass is 10.0. The van der Waals surface area contributed by atoms with Crippen molar-refractivity contribution in [2.45, 2.75) is 0 Å². The van der Waals surface area contributed by atoms with E-state index in [0.717, 1.165) is 0 Å². The van der Waals surface area contributed by atoms with Crippen LogP contribution in [0.15, 0.2) is 66.9 Å². The molecule has 22 heavy (non-hydrogen) atoms. The number of fused-ring (bicyclic) bond motifs is 1. The molecular formula is C16H14BF4N. The predicted molar refractivity (Wildman–Crippen MR) is 80.7 cm³/mol. The Balaban J connectivity index is 0.000000309. The van der Waals surface area contributed by atoms with Gasteiger partial charge in [0.1, 0.15) is 7.05 Å². The predicted octanol–water partition coefficient (Wildman–Crippen LogP) is 4.63. The van der Waals surface area contributed by atoms with E-state index in [1.165, 1.54) is 22.0 Å². The molecular weight excluding hydrogens is 293 g/mol. The number of para-hydroxylation sites is 1. The number of nitrogens with zero attached hydrogens (tertiary/aromatic N) is 1. The minimum Gasteiger partial charge on any atom is -0.418 e. The molecule has 1 aromatic heterocycles. The molecule has 3 rings (SSSR count). The highest BCUT2D eigenvalue weighted by Crippen LogP contribution is 2.25. The molecule has 0 atom stereocenters. The van der Waals surface area contributed by atoms with Crippen LogP contribution in [0.3, 0.4) is 0 Å². The van der Waals surface area contributed by atoms with Crippen molar-refractivity contribution >= 4 is 18.2 Å². The lowest BCUT2D eigenvalue weighted by Gasteiger charge is -2.04. The molecule has 0 fully saturated rings. The fraction of sp³-hybridized carbons (Fsp3) is 0.0625. The molecule has 1 nitrogen and oxygen atoms in total. The maximum absolute atomic E-state index is 9.75. The second-order valence-corrected chi connectivity index (χ2v) is 4.72. The van der Waals surface area contributed by atoms with Gasteiger partial charge < -0.3 is 17.3 Å². The Hall–Kier alpha value is -2.37. The van der Waals surface area contributed by atoms with E-state index < -0.39 is 7.25 Å². The summed E-state index contributed by atoms with van der Waals surface area (Å²) in [5.74, 6) is 0. The van der Waals surface area contributed by atoms with Gasteiger partial charge in [0.15, 0.2) is 6.20 Å². The number of aryl methyl sites for hydroxylation is 1. The van der Waals surface area contributed by atoms with E-state index in [9.17, 15) is 17.3 Å². The van der Waals surface area contributed by atoms with E-state index in [1.807, 2.05) is 0 Å². The van der Waals surface area contributed by atoms with E-state index >= 15 is 0 Å². The number of aromatic nitrogens is 1. The molecule has 6 heteroatoms. The van der Waals surface area contributed by atoms with Crippen LogP contribution in [-0.4, -0.2) is 7.25 Å². The van der Waals surface area contributed by atoms with Gasteiger partial charge in [-0.25, -0.2) is 4.57 Å². The molecule has 2 aromatic carbocycles. The molecule has 0 spiro atoms. The molecule has 114 valence electrons. The molecule has 0 amide bonds. The average Bonchev–Trinajstić information content (AvgIpc) is 2.47. The number of halogens is 4. The van der Waals surface area contributed by atoms with Crippen molar-refractivity contribution < 1.29 is 21.8 Å². The van der Waals surface area contributed by atoms with Crippen molar-refractivity contribution in [1.82, 2.24) is 0 Å². The number of benzene rings is 2. The van der Waals surface area contributed by atoms with Gasteiger partial charge in [0.05, 0.1) is 5.39 Å². The molecule has 0 radical (unpaired) electrons. The van der Waals surface area contributed by atoms with Crippen molar-refractivity contribution in [1.29, 1.82) is 0 Å². The van der Waals surface area contributed by atoms with Gasteiger partial charge in [-0.3, -0.25) is 0 Å². The van der Waals surface area contributed by atoms with Gasteiger partial charge in [-0.2, -0.15) is 0 Å². The van der Waals surface area contributed by atoms with Crippen LogP contribution in [0.25, 0.3) is 22.0 Å². The van der Waals surface area contributed by atoms with Crippen LogP contribution >= 0.6 is 0 Å². The molecule has 1 heterocycles. The largest absolute Gasteiger partial charge is 0.673 e. The molecule has 0 saturated heterocycles. The smallest absolute Gasteiger partial charge is 0.418 e. The van der Waals surface area contributed by atoms with Crippen LogP contribution < -0.4 is 4.57 Å². The fourth-order valence-electron chi connectivity index (χ4n) is 2.23. The molecule has 0 saturated carbocycles. The van der Waals surface area contributed by atoms with Crippen LogP contribution in [0, 0.1) is 0 Å². The molecule has 0 N–H and O–H groups in total. The van der Waals surface area contributed by atoms with Crippen LogP contribution in [0.4, 0.5) is 17.3 Å². The monoisotopic (exact) mass is 307 g/mol. The zero-order chi connectivity index (χ0) is 16.2. The van der Waals surface area contributed by atoms with Gasteiger partial charge in [0, 0.05) is 17.7 Å². The van der Waals surface area contributed by atoms with Crippen LogP contribution in [-0.2, 0) is 7.05 Å². The lowest BCUT2D eigenvalue weighted by Crippen LogP contribution is -2.28. The first-order valence-electron chi connectivity index (χ1n) is 6.66. The number of hydrogen-bond acceptors (Lipinski definition) is 0. The molecule has 0 aliphatic heterocycles. The average molecular weight is 307 g/mol. The van der Waals surface area contributed by atoms with Crippen molar-refractivity contribution in [3.8, 4) is 11.1 Å². The molecule has 0 aliphatic rings.